The summed E-state index contributed by atoms with van der Waals surface area (Å²) in [6, 6.07) is 8.95. The maximum atomic E-state index is 13.2. The summed E-state index contributed by atoms with van der Waals surface area (Å²) in [7, 11) is -2.12. The van der Waals surface area contributed by atoms with Crippen molar-refractivity contribution < 1.29 is 17.9 Å². The van der Waals surface area contributed by atoms with E-state index >= 15 is 0 Å². The lowest BCUT2D eigenvalue weighted by atomic mass is 9.89. The molecule has 3 rings (SSSR count). The first-order valence-electron chi connectivity index (χ1n) is 8.99. The number of nitrogens with one attached hydrogen (secondary N) is 1. The number of aryl methyl sites for hydroxylation is 3. The van der Waals surface area contributed by atoms with Gasteiger partial charge >= 0.3 is 0 Å². The van der Waals surface area contributed by atoms with Crippen LogP contribution in [0.5, 0.6) is 11.5 Å². The highest BCUT2D eigenvalue weighted by atomic mass is 32.2. The quantitative estimate of drug-likeness (QED) is 0.851. The maximum absolute atomic E-state index is 13.2. The summed E-state index contributed by atoms with van der Waals surface area (Å²) in [4.78, 5) is 0.277. The molecule has 2 aromatic rings. The van der Waals surface area contributed by atoms with E-state index in [4.69, 9.17) is 9.47 Å². The molecule has 6 heteroatoms. The summed E-state index contributed by atoms with van der Waals surface area (Å²) in [5.74, 6) is 1.41. The van der Waals surface area contributed by atoms with Crippen LogP contribution in [0.4, 0.5) is 0 Å². The summed E-state index contributed by atoms with van der Waals surface area (Å²) < 4.78 is 40.6. The Morgan fingerprint density at radius 3 is 2.48 bits per heavy atom. The average molecular weight is 390 g/mol. The normalized spacial score (nSPS) is 18.5. The van der Waals surface area contributed by atoms with Crippen LogP contribution in [0.2, 0.25) is 0 Å². The van der Waals surface area contributed by atoms with Gasteiger partial charge in [0.25, 0.3) is 0 Å². The predicted octanol–water partition coefficient (Wildman–Crippen LogP) is 4.20. The zero-order valence-corrected chi connectivity index (χ0v) is 17.5. The standard InChI is InChI=1S/C21H27NO4S/c1-13-7-8-18-16(9-13)17(12-21(4,5)26-18)22-27(23,24)20-11-14(2)19(25-6)10-15(20)3/h7-11,17,22H,12H2,1-6H3/t17-/m0/s1. The van der Waals surface area contributed by atoms with Gasteiger partial charge in [-0.25, -0.2) is 13.1 Å². The first-order chi connectivity index (χ1) is 12.5. The number of sulfonamides is 1. The largest absolute Gasteiger partial charge is 0.496 e. The molecule has 0 fully saturated rings. The molecule has 146 valence electrons. The summed E-state index contributed by atoms with van der Waals surface area (Å²) >= 11 is 0. The Hall–Kier alpha value is -2.05. The van der Waals surface area contributed by atoms with Crippen molar-refractivity contribution in [3.63, 3.8) is 0 Å². The second kappa shape index (κ2) is 6.84. The Morgan fingerprint density at radius 2 is 1.81 bits per heavy atom. The van der Waals surface area contributed by atoms with E-state index in [1.54, 1.807) is 26.2 Å². The van der Waals surface area contributed by atoms with Crippen molar-refractivity contribution in [3.05, 3.63) is 52.6 Å². The lowest BCUT2D eigenvalue weighted by Crippen LogP contribution is -2.41. The van der Waals surface area contributed by atoms with Gasteiger partial charge in [-0.3, -0.25) is 0 Å². The Bertz CT molecular complexity index is 980. The first kappa shape index (κ1) is 19.7. The molecule has 5 nitrogen and oxygen atoms in total. The minimum absolute atomic E-state index is 0.277. The van der Waals surface area contributed by atoms with Gasteiger partial charge in [0.2, 0.25) is 10.0 Å². The Morgan fingerprint density at radius 1 is 1.11 bits per heavy atom. The van der Waals surface area contributed by atoms with E-state index in [1.165, 1.54) is 0 Å². The van der Waals surface area contributed by atoms with E-state index in [0.717, 1.165) is 22.4 Å². The molecule has 27 heavy (non-hydrogen) atoms. The van der Waals surface area contributed by atoms with Crippen molar-refractivity contribution in [2.24, 2.45) is 0 Å². The van der Waals surface area contributed by atoms with Crippen LogP contribution < -0.4 is 14.2 Å². The number of ether oxygens (including phenoxy) is 2. The van der Waals surface area contributed by atoms with Gasteiger partial charge in [-0.05, 0) is 63.9 Å². The lowest BCUT2D eigenvalue weighted by molar-refractivity contribution is 0.0701. The number of benzene rings is 2. The number of methoxy groups -OCH3 is 1. The fourth-order valence-corrected chi connectivity index (χ4v) is 5.13. The highest BCUT2D eigenvalue weighted by Gasteiger charge is 2.36. The number of hydrogen-bond acceptors (Lipinski definition) is 4. The second-order valence-corrected chi connectivity index (χ2v) is 9.55. The molecule has 0 radical (unpaired) electrons. The van der Waals surface area contributed by atoms with E-state index in [1.807, 2.05) is 45.9 Å². The monoisotopic (exact) mass is 389 g/mol. The molecule has 0 saturated carbocycles. The molecule has 2 aromatic carbocycles. The van der Waals surface area contributed by atoms with Crippen LogP contribution in [0.15, 0.2) is 35.2 Å². The number of fused-ring (bicyclic) bond motifs is 1. The predicted molar refractivity (Wildman–Crippen MR) is 106 cm³/mol. The molecule has 1 N–H and O–H groups in total. The lowest BCUT2D eigenvalue weighted by Gasteiger charge is -2.38. The number of rotatable bonds is 4. The average Bonchev–Trinajstić information content (AvgIpc) is 2.56. The molecule has 0 saturated heterocycles. The molecule has 1 aliphatic heterocycles. The highest BCUT2D eigenvalue weighted by Crippen LogP contribution is 2.40. The highest BCUT2D eigenvalue weighted by molar-refractivity contribution is 7.89. The third-order valence-corrected chi connectivity index (χ3v) is 6.52. The number of hydrogen-bond donors (Lipinski definition) is 1. The summed E-state index contributed by atoms with van der Waals surface area (Å²) in [5, 5.41) is 0. The van der Waals surface area contributed by atoms with E-state index in [9.17, 15) is 8.42 Å². The van der Waals surface area contributed by atoms with Crippen molar-refractivity contribution in [2.75, 3.05) is 7.11 Å². The first-order valence-corrected chi connectivity index (χ1v) is 10.5. The summed E-state index contributed by atoms with van der Waals surface area (Å²) in [6.45, 7) is 9.55. The van der Waals surface area contributed by atoms with Gasteiger partial charge < -0.3 is 9.47 Å². The van der Waals surface area contributed by atoms with Crippen molar-refractivity contribution in [2.45, 2.75) is 57.6 Å². The van der Waals surface area contributed by atoms with Crippen LogP contribution in [0.1, 0.15) is 48.6 Å². The summed E-state index contributed by atoms with van der Waals surface area (Å²) in [6.07, 6.45) is 0.552. The Kier molecular flexibility index (Phi) is 4.99. The minimum atomic E-state index is -3.70. The van der Waals surface area contributed by atoms with Crippen LogP contribution in [0.3, 0.4) is 0 Å². The molecular formula is C21H27NO4S. The topological polar surface area (TPSA) is 64.6 Å². The SMILES string of the molecule is COc1cc(C)c(S(=O)(=O)N[C@H]2CC(C)(C)Oc3ccc(C)cc32)cc1C. The van der Waals surface area contributed by atoms with Gasteiger partial charge in [0.15, 0.2) is 0 Å². The molecule has 0 spiro atoms. The molecule has 1 atom stereocenters. The zero-order chi connectivity index (χ0) is 20.0. The molecule has 1 heterocycles. The van der Waals surface area contributed by atoms with Crippen LogP contribution in [0, 0.1) is 20.8 Å². The van der Waals surface area contributed by atoms with Gasteiger partial charge in [0, 0.05) is 12.0 Å². The molecule has 0 unspecified atom stereocenters. The van der Waals surface area contributed by atoms with Crippen molar-refractivity contribution in [3.8, 4) is 11.5 Å². The Balaban J connectivity index is 2.02. The Labute approximate surface area is 161 Å². The van der Waals surface area contributed by atoms with Crippen LogP contribution in [-0.2, 0) is 10.0 Å². The summed E-state index contributed by atoms with van der Waals surface area (Å²) in [5.41, 5.74) is 2.92. The van der Waals surface area contributed by atoms with E-state index in [-0.39, 0.29) is 10.9 Å². The minimum Gasteiger partial charge on any atom is -0.496 e. The fourth-order valence-electron chi connectivity index (χ4n) is 3.60. The zero-order valence-electron chi connectivity index (χ0n) is 16.7. The van der Waals surface area contributed by atoms with Crippen molar-refractivity contribution in [1.29, 1.82) is 0 Å². The van der Waals surface area contributed by atoms with Gasteiger partial charge in [0.1, 0.15) is 17.1 Å². The van der Waals surface area contributed by atoms with Gasteiger partial charge in [-0.15, -0.1) is 0 Å². The van der Waals surface area contributed by atoms with Crippen molar-refractivity contribution in [1.82, 2.24) is 4.72 Å². The molecule has 0 aliphatic carbocycles. The smallest absolute Gasteiger partial charge is 0.241 e. The third-order valence-electron chi connectivity index (χ3n) is 4.90. The van der Waals surface area contributed by atoms with Gasteiger partial charge in [0.05, 0.1) is 18.0 Å². The third kappa shape index (κ3) is 3.96. The van der Waals surface area contributed by atoms with E-state index in [0.29, 0.717) is 17.7 Å². The fraction of sp³-hybridized carbons (Fsp3) is 0.429. The van der Waals surface area contributed by atoms with Crippen LogP contribution in [0.25, 0.3) is 0 Å². The van der Waals surface area contributed by atoms with Crippen LogP contribution in [-0.4, -0.2) is 21.1 Å². The van der Waals surface area contributed by atoms with E-state index in [2.05, 4.69) is 4.72 Å². The van der Waals surface area contributed by atoms with Crippen molar-refractivity contribution >= 4 is 10.0 Å². The molecule has 1 aliphatic rings. The molecule has 0 amide bonds. The maximum Gasteiger partial charge on any atom is 0.241 e. The van der Waals surface area contributed by atoms with Gasteiger partial charge in [-0.2, -0.15) is 0 Å². The molecular weight excluding hydrogens is 362 g/mol. The van der Waals surface area contributed by atoms with E-state index < -0.39 is 15.6 Å². The molecule has 0 bridgehead atoms. The second-order valence-electron chi connectivity index (χ2n) is 7.87. The molecule has 0 aromatic heterocycles. The van der Waals surface area contributed by atoms with Gasteiger partial charge in [-0.1, -0.05) is 17.7 Å². The van der Waals surface area contributed by atoms with Crippen LogP contribution >= 0.6 is 0 Å².